The predicted octanol–water partition coefficient (Wildman–Crippen LogP) is 2.13. The second-order valence-corrected chi connectivity index (χ2v) is 5.39. The molecule has 1 aromatic rings. The van der Waals surface area contributed by atoms with Crippen LogP contribution in [0.1, 0.15) is 24.5 Å². The van der Waals surface area contributed by atoms with Crippen molar-refractivity contribution in [3.63, 3.8) is 0 Å². The lowest BCUT2D eigenvalue weighted by molar-refractivity contribution is -0.0869. The van der Waals surface area contributed by atoms with E-state index in [0.717, 1.165) is 32.1 Å². The van der Waals surface area contributed by atoms with E-state index in [4.69, 9.17) is 4.74 Å². The van der Waals surface area contributed by atoms with Crippen molar-refractivity contribution in [2.24, 2.45) is 5.92 Å². The summed E-state index contributed by atoms with van der Waals surface area (Å²) in [5, 5.41) is 3.48. The molecule has 0 aromatic heterocycles. The Morgan fingerprint density at radius 1 is 1.29 bits per heavy atom. The van der Waals surface area contributed by atoms with Gasteiger partial charge in [0.05, 0.1) is 13.2 Å². The zero-order chi connectivity index (χ0) is 11.7. The fourth-order valence-corrected chi connectivity index (χ4v) is 3.16. The fraction of sp³-hybridized carbons (Fsp3) is 0.600. The topological polar surface area (TPSA) is 21.3 Å². The molecule has 1 N–H and O–H groups in total. The third-order valence-corrected chi connectivity index (χ3v) is 4.50. The molecule has 2 heterocycles. The van der Waals surface area contributed by atoms with E-state index in [1.54, 1.807) is 0 Å². The summed E-state index contributed by atoms with van der Waals surface area (Å²) in [6, 6.07) is 9.19. The fourth-order valence-electron chi connectivity index (χ4n) is 3.16. The Morgan fingerprint density at radius 3 is 2.53 bits per heavy atom. The summed E-state index contributed by atoms with van der Waals surface area (Å²) in [6.07, 6.45) is 2.41. The molecular weight excluding hydrogens is 210 g/mol. The molecule has 17 heavy (non-hydrogen) atoms. The molecule has 2 saturated heterocycles. The highest BCUT2D eigenvalue weighted by Gasteiger charge is 2.47. The lowest BCUT2D eigenvalue weighted by Gasteiger charge is -2.46. The quantitative estimate of drug-likeness (QED) is 0.860. The van der Waals surface area contributed by atoms with Crippen molar-refractivity contribution in [2.45, 2.75) is 25.2 Å². The van der Waals surface area contributed by atoms with Gasteiger partial charge in [-0.15, -0.1) is 0 Å². The molecule has 0 amide bonds. The van der Waals surface area contributed by atoms with Gasteiger partial charge in [-0.3, -0.25) is 0 Å². The lowest BCUT2D eigenvalue weighted by Crippen LogP contribution is -2.53. The number of rotatable bonds is 3. The van der Waals surface area contributed by atoms with Crippen LogP contribution in [0, 0.1) is 5.92 Å². The molecule has 0 bridgehead atoms. The molecule has 1 atom stereocenters. The summed E-state index contributed by atoms with van der Waals surface area (Å²) < 4.78 is 5.53. The van der Waals surface area contributed by atoms with Crippen LogP contribution in [-0.4, -0.2) is 26.3 Å². The van der Waals surface area contributed by atoms with Gasteiger partial charge in [0.15, 0.2) is 0 Å². The summed E-state index contributed by atoms with van der Waals surface area (Å²) in [5.74, 6) is 0.753. The first-order valence-corrected chi connectivity index (χ1v) is 6.73. The zero-order valence-electron chi connectivity index (χ0n) is 10.5. The third-order valence-electron chi connectivity index (χ3n) is 4.50. The van der Waals surface area contributed by atoms with E-state index in [9.17, 15) is 0 Å². The van der Waals surface area contributed by atoms with Crippen LogP contribution >= 0.6 is 0 Å². The summed E-state index contributed by atoms with van der Waals surface area (Å²) in [4.78, 5) is 0. The standard InChI is InChI=1S/C15H21NO/c1-2-12-3-5-13(6-4-12)15(10-17-11-15)14-7-8-16-9-14/h3-6,14,16H,2,7-11H2,1H3. The Labute approximate surface area is 103 Å². The van der Waals surface area contributed by atoms with E-state index in [1.807, 2.05) is 0 Å². The van der Waals surface area contributed by atoms with Gasteiger partial charge >= 0.3 is 0 Å². The normalized spacial score (nSPS) is 26.8. The predicted molar refractivity (Wildman–Crippen MR) is 69.3 cm³/mol. The van der Waals surface area contributed by atoms with Gasteiger partial charge in [-0.1, -0.05) is 31.2 Å². The highest BCUT2D eigenvalue weighted by atomic mass is 16.5. The van der Waals surface area contributed by atoms with Crippen molar-refractivity contribution in [1.29, 1.82) is 0 Å². The number of nitrogens with one attached hydrogen (secondary N) is 1. The van der Waals surface area contributed by atoms with E-state index in [2.05, 4.69) is 36.5 Å². The van der Waals surface area contributed by atoms with Gasteiger partial charge in [-0.05, 0) is 43.0 Å². The molecule has 2 heteroatoms. The van der Waals surface area contributed by atoms with Gasteiger partial charge in [-0.25, -0.2) is 0 Å². The maximum atomic E-state index is 5.53. The molecule has 1 aromatic carbocycles. The molecule has 3 rings (SSSR count). The molecule has 0 aliphatic carbocycles. The van der Waals surface area contributed by atoms with Crippen molar-refractivity contribution < 1.29 is 4.74 Å². The molecule has 2 nitrogen and oxygen atoms in total. The van der Waals surface area contributed by atoms with Crippen LogP contribution in [0.2, 0.25) is 0 Å². The summed E-state index contributed by atoms with van der Waals surface area (Å²) in [6.45, 7) is 6.34. The highest BCUT2D eigenvalue weighted by Crippen LogP contribution is 2.42. The van der Waals surface area contributed by atoms with Crippen LogP contribution in [0.4, 0.5) is 0 Å². The highest BCUT2D eigenvalue weighted by molar-refractivity contribution is 5.32. The molecule has 2 fully saturated rings. The van der Waals surface area contributed by atoms with Crippen molar-refractivity contribution >= 4 is 0 Å². The Kier molecular flexibility index (Phi) is 2.93. The van der Waals surface area contributed by atoms with E-state index in [-0.39, 0.29) is 0 Å². The van der Waals surface area contributed by atoms with Crippen molar-refractivity contribution in [3.05, 3.63) is 35.4 Å². The van der Waals surface area contributed by atoms with E-state index < -0.39 is 0 Å². The van der Waals surface area contributed by atoms with Crippen LogP contribution < -0.4 is 5.32 Å². The summed E-state index contributed by atoms with van der Waals surface area (Å²) in [7, 11) is 0. The number of hydrogen-bond acceptors (Lipinski definition) is 2. The maximum Gasteiger partial charge on any atom is 0.0588 e. The van der Waals surface area contributed by atoms with Crippen molar-refractivity contribution in [1.82, 2.24) is 5.32 Å². The Morgan fingerprint density at radius 2 is 2.06 bits per heavy atom. The summed E-state index contributed by atoms with van der Waals surface area (Å²) >= 11 is 0. The van der Waals surface area contributed by atoms with Crippen LogP contribution in [0.3, 0.4) is 0 Å². The average molecular weight is 231 g/mol. The first-order chi connectivity index (χ1) is 8.35. The number of aryl methyl sites for hydroxylation is 1. The van der Waals surface area contributed by atoms with E-state index in [0.29, 0.717) is 5.41 Å². The molecular formula is C15H21NO. The Hall–Kier alpha value is -0.860. The molecule has 0 saturated carbocycles. The van der Waals surface area contributed by atoms with Gasteiger partial charge in [0.1, 0.15) is 0 Å². The molecule has 92 valence electrons. The van der Waals surface area contributed by atoms with Gasteiger partial charge in [0, 0.05) is 5.41 Å². The second-order valence-electron chi connectivity index (χ2n) is 5.39. The van der Waals surface area contributed by atoms with E-state index >= 15 is 0 Å². The molecule has 0 spiro atoms. The van der Waals surface area contributed by atoms with Gasteiger partial charge in [0.2, 0.25) is 0 Å². The monoisotopic (exact) mass is 231 g/mol. The first kappa shape index (κ1) is 11.2. The van der Waals surface area contributed by atoms with Crippen molar-refractivity contribution in [2.75, 3.05) is 26.3 Å². The number of hydrogen-bond donors (Lipinski definition) is 1. The van der Waals surface area contributed by atoms with Gasteiger partial charge in [-0.2, -0.15) is 0 Å². The largest absolute Gasteiger partial charge is 0.379 e. The van der Waals surface area contributed by atoms with Crippen molar-refractivity contribution in [3.8, 4) is 0 Å². The second kappa shape index (κ2) is 4.43. The Bertz CT molecular complexity index is 374. The maximum absolute atomic E-state index is 5.53. The van der Waals surface area contributed by atoms with Crippen LogP contribution in [0.5, 0.6) is 0 Å². The SMILES string of the molecule is CCc1ccc(C2(C3CCNC3)COC2)cc1. The summed E-state index contributed by atoms with van der Waals surface area (Å²) in [5.41, 5.74) is 3.21. The number of ether oxygens (including phenoxy) is 1. The molecule has 2 aliphatic heterocycles. The number of benzene rings is 1. The van der Waals surface area contributed by atoms with Crippen LogP contribution in [0.15, 0.2) is 24.3 Å². The first-order valence-electron chi connectivity index (χ1n) is 6.73. The molecule has 2 aliphatic rings. The molecule has 0 radical (unpaired) electrons. The molecule has 1 unspecified atom stereocenters. The zero-order valence-corrected chi connectivity index (χ0v) is 10.5. The van der Waals surface area contributed by atoms with E-state index in [1.165, 1.54) is 24.1 Å². The smallest absolute Gasteiger partial charge is 0.0588 e. The van der Waals surface area contributed by atoms with Gasteiger partial charge in [0.25, 0.3) is 0 Å². The third kappa shape index (κ3) is 1.80. The van der Waals surface area contributed by atoms with Gasteiger partial charge < -0.3 is 10.1 Å². The Balaban J connectivity index is 1.88. The minimum Gasteiger partial charge on any atom is -0.379 e. The van der Waals surface area contributed by atoms with Crippen LogP contribution in [-0.2, 0) is 16.6 Å². The minimum atomic E-state index is 0.301. The average Bonchev–Trinajstić information content (AvgIpc) is 2.83. The lowest BCUT2D eigenvalue weighted by atomic mass is 9.68. The van der Waals surface area contributed by atoms with Crippen LogP contribution in [0.25, 0.3) is 0 Å². The minimum absolute atomic E-state index is 0.301.